The van der Waals surface area contributed by atoms with Gasteiger partial charge in [-0.1, -0.05) is 121 Å². The second-order valence-corrected chi connectivity index (χ2v) is 13.2. The standard InChI is InChI=1S/C44H28N4.C3H9N/c1-5-13-29(14-6-1)41-33-21-23-35(45-33)42(30-15-7-2-8-16-30)37-25-27-39(47-37)44(32-19-11-4-12-20-32)40-28-26-38(48-40)43(31-17-9-3-10-18-31)36-24-22-34(41)46-36;1-4(2)3/h1-28H;1-3H3. The molecule has 5 heterocycles. The highest BCUT2D eigenvalue weighted by Gasteiger charge is 2.27. The number of aliphatic imine (C=N–C) groups is 4. The lowest BCUT2D eigenvalue weighted by Crippen LogP contribution is -2.03. The maximum absolute atomic E-state index is 5.31. The highest BCUT2D eigenvalue weighted by atomic mass is 15.0. The molecule has 0 saturated heterocycles. The molecule has 4 aromatic rings. The number of nitrogens with zero attached hydrogens (tertiary/aromatic N) is 5. The third-order valence-electron chi connectivity index (χ3n) is 8.86. The molecule has 8 bridgehead atoms. The molecule has 0 amide bonds. The predicted molar refractivity (Wildman–Crippen MR) is 219 cm³/mol. The summed E-state index contributed by atoms with van der Waals surface area (Å²) in [4.78, 5) is 23.2. The SMILES string of the molecule is C1=CC2=C(c3ccccc3)C3=NC(=C(c4ccccc4)C4=NC(=C(c5ccccc5)C5=NC(=C(c6ccccc6)C1=N2)C=C5)C=C4)C=C3.CN(C)C. The molecule has 0 spiro atoms. The Bertz CT molecular complexity index is 2080. The summed E-state index contributed by atoms with van der Waals surface area (Å²) in [5.41, 5.74) is 15.0. The molecule has 9 rings (SSSR count). The van der Waals surface area contributed by atoms with Crippen molar-refractivity contribution in [1.29, 1.82) is 0 Å². The molecule has 250 valence electrons. The first kappa shape index (κ1) is 32.6. The molecule has 4 aromatic carbocycles. The molecule has 0 saturated carbocycles. The lowest BCUT2D eigenvalue weighted by atomic mass is 9.98. The van der Waals surface area contributed by atoms with Gasteiger partial charge in [-0.05, 0) is 92.0 Å². The van der Waals surface area contributed by atoms with E-state index in [2.05, 4.69) is 146 Å². The Kier molecular flexibility index (Phi) is 9.01. The summed E-state index contributed by atoms with van der Waals surface area (Å²) >= 11 is 0. The van der Waals surface area contributed by atoms with Gasteiger partial charge in [0.25, 0.3) is 0 Å². The second kappa shape index (κ2) is 14.4. The fourth-order valence-corrected chi connectivity index (χ4v) is 6.69. The largest absolute Gasteiger partial charge is 0.312 e. The molecule has 0 fully saturated rings. The van der Waals surface area contributed by atoms with E-state index in [9.17, 15) is 0 Å². The Balaban J connectivity index is 0.000000922. The van der Waals surface area contributed by atoms with E-state index in [0.717, 1.165) is 90.2 Å². The first-order chi connectivity index (χ1) is 25.5. The lowest BCUT2D eigenvalue weighted by Gasteiger charge is -2.12. The van der Waals surface area contributed by atoms with E-state index >= 15 is 0 Å². The average Bonchev–Trinajstić information content (AvgIpc) is 4.01. The zero-order valence-electron chi connectivity index (χ0n) is 29.4. The van der Waals surface area contributed by atoms with E-state index in [1.807, 2.05) is 50.3 Å². The topological polar surface area (TPSA) is 52.7 Å². The molecular formula is C47H37N5. The summed E-state index contributed by atoms with van der Waals surface area (Å²) in [5, 5.41) is 0. The molecule has 0 atom stereocenters. The van der Waals surface area contributed by atoms with Crippen molar-refractivity contribution in [2.75, 3.05) is 21.1 Å². The molecule has 5 heteroatoms. The van der Waals surface area contributed by atoms with Crippen LogP contribution in [0.25, 0.3) is 22.3 Å². The third kappa shape index (κ3) is 6.53. The minimum atomic E-state index is 0.861. The van der Waals surface area contributed by atoms with Crippen molar-refractivity contribution in [3.63, 3.8) is 0 Å². The molecule has 52 heavy (non-hydrogen) atoms. The van der Waals surface area contributed by atoms with Crippen molar-refractivity contribution in [3.8, 4) is 0 Å². The van der Waals surface area contributed by atoms with Gasteiger partial charge in [-0.25, -0.2) is 20.0 Å². The van der Waals surface area contributed by atoms with E-state index < -0.39 is 0 Å². The zero-order chi connectivity index (χ0) is 35.4. The van der Waals surface area contributed by atoms with Gasteiger partial charge in [0.2, 0.25) is 0 Å². The zero-order valence-corrected chi connectivity index (χ0v) is 29.4. The van der Waals surface area contributed by atoms with Crippen molar-refractivity contribution in [1.82, 2.24) is 4.90 Å². The minimum absolute atomic E-state index is 0.861. The van der Waals surface area contributed by atoms with Crippen molar-refractivity contribution >= 4 is 45.1 Å². The van der Waals surface area contributed by atoms with E-state index in [1.165, 1.54) is 0 Å². The maximum atomic E-state index is 5.31. The average molecular weight is 672 g/mol. The molecule has 0 aliphatic carbocycles. The van der Waals surface area contributed by atoms with Crippen LogP contribution in [0.1, 0.15) is 22.3 Å². The van der Waals surface area contributed by atoms with Gasteiger partial charge in [-0.15, -0.1) is 0 Å². The molecule has 5 aliphatic rings. The Morgan fingerprint density at radius 1 is 0.288 bits per heavy atom. The van der Waals surface area contributed by atoms with E-state index in [1.54, 1.807) is 0 Å². The van der Waals surface area contributed by atoms with Gasteiger partial charge in [0.1, 0.15) is 0 Å². The van der Waals surface area contributed by atoms with Gasteiger partial charge in [0, 0.05) is 22.3 Å². The number of allylic oxidation sites excluding steroid dienone is 12. The molecule has 0 unspecified atom stereocenters. The fourth-order valence-electron chi connectivity index (χ4n) is 6.69. The lowest BCUT2D eigenvalue weighted by molar-refractivity contribution is 0.505. The van der Waals surface area contributed by atoms with Gasteiger partial charge in [-0.3, -0.25) is 0 Å². The van der Waals surface area contributed by atoms with Crippen LogP contribution >= 0.6 is 0 Å². The summed E-state index contributed by atoms with van der Waals surface area (Å²) < 4.78 is 0. The van der Waals surface area contributed by atoms with E-state index in [4.69, 9.17) is 20.0 Å². The molecule has 5 aliphatic heterocycles. The fraction of sp³-hybridized carbons (Fsp3) is 0.0638. The van der Waals surface area contributed by atoms with Crippen LogP contribution in [-0.4, -0.2) is 48.9 Å². The van der Waals surface area contributed by atoms with Crippen molar-refractivity contribution in [3.05, 3.63) is 215 Å². The summed E-state index contributed by atoms with van der Waals surface area (Å²) in [7, 11) is 6.00. The summed E-state index contributed by atoms with van der Waals surface area (Å²) in [6.07, 6.45) is 16.8. The van der Waals surface area contributed by atoms with Crippen LogP contribution in [0.4, 0.5) is 0 Å². The van der Waals surface area contributed by atoms with Crippen LogP contribution in [0.5, 0.6) is 0 Å². The van der Waals surface area contributed by atoms with Gasteiger partial charge >= 0.3 is 0 Å². The monoisotopic (exact) mass is 671 g/mol. The van der Waals surface area contributed by atoms with Gasteiger partial charge in [0.15, 0.2) is 0 Å². The van der Waals surface area contributed by atoms with Crippen LogP contribution < -0.4 is 0 Å². The molecule has 0 aromatic heterocycles. The molecule has 0 N–H and O–H groups in total. The highest BCUT2D eigenvalue weighted by molar-refractivity contribution is 6.39. The van der Waals surface area contributed by atoms with Crippen molar-refractivity contribution in [2.24, 2.45) is 20.0 Å². The summed E-state index contributed by atoms with van der Waals surface area (Å²) in [5.74, 6) is 0. The Morgan fingerprint density at radius 3 is 0.673 bits per heavy atom. The van der Waals surface area contributed by atoms with E-state index in [-0.39, 0.29) is 0 Å². The Morgan fingerprint density at radius 2 is 0.481 bits per heavy atom. The molecule has 0 radical (unpaired) electrons. The first-order valence-electron chi connectivity index (χ1n) is 17.4. The first-order valence-corrected chi connectivity index (χ1v) is 17.4. The predicted octanol–water partition coefficient (Wildman–Crippen LogP) is 9.87. The Hall–Kier alpha value is -6.56. The number of fused-ring (bicyclic) bond motifs is 4. The second-order valence-electron chi connectivity index (χ2n) is 13.2. The quantitative estimate of drug-likeness (QED) is 0.213. The number of benzene rings is 4. The van der Waals surface area contributed by atoms with Crippen LogP contribution in [0.15, 0.2) is 213 Å². The Labute approximate surface area is 305 Å². The molecule has 5 nitrogen and oxygen atoms in total. The van der Waals surface area contributed by atoms with E-state index in [0.29, 0.717) is 0 Å². The maximum Gasteiger partial charge on any atom is 0.0738 e. The number of hydrogen-bond acceptors (Lipinski definition) is 5. The minimum Gasteiger partial charge on any atom is -0.312 e. The number of hydrogen-bond donors (Lipinski definition) is 0. The van der Waals surface area contributed by atoms with Crippen LogP contribution in [0, 0.1) is 0 Å². The summed E-state index contributed by atoms with van der Waals surface area (Å²) in [6, 6.07) is 41.6. The highest BCUT2D eigenvalue weighted by Crippen LogP contribution is 2.38. The van der Waals surface area contributed by atoms with Crippen molar-refractivity contribution in [2.45, 2.75) is 0 Å². The van der Waals surface area contributed by atoms with Gasteiger partial charge in [0.05, 0.1) is 45.6 Å². The summed E-state index contributed by atoms with van der Waals surface area (Å²) in [6.45, 7) is 0. The number of rotatable bonds is 4. The third-order valence-corrected chi connectivity index (χ3v) is 8.86. The normalized spacial score (nSPS) is 17.2. The smallest absolute Gasteiger partial charge is 0.0738 e. The van der Waals surface area contributed by atoms with Gasteiger partial charge in [-0.2, -0.15) is 0 Å². The van der Waals surface area contributed by atoms with Crippen molar-refractivity contribution < 1.29 is 0 Å². The molecular weight excluding hydrogens is 635 g/mol. The van der Waals surface area contributed by atoms with Gasteiger partial charge < -0.3 is 4.90 Å². The van der Waals surface area contributed by atoms with Crippen LogP contribution in [0.3, 0.4) is 0 Å². The van der Waals surface area contributed by atoms with Crippen LogP contribution in [0.2, 0.25) is 0 Å². The van der Waals surface area contributed by atoms with Crippen LogP contribution in [-0.2, 0) is 0 Å².